The fraction of sp³-hybridized carbons (Fsp3) is 0.545. The molecule has 0 radical (unpaired) electrons. The van der Waals surface area contributed by atoms with Crippen molar-refractivity contribution in [3.8, 4) is 0 Å². The van der Waals surface area contributed by atoms with Crippen LogP contribution in [0.5, 0.6) is 0 Å². The topological polar surface area (TPSA) is 65.9 Å². The van der Waals surface area contributed by atoms with Crippen LogP contribution in [-0.2, 0) is 9.59 Å². The Bertz CT molecular complexity index is 719. The lowest BCUT2D eigenvalue weighted by atomic mass is 9.98. The number of aryl methyl sites for hydroxylation is 1. The highest BCUT2D eigenvalue weighted by atomic mass is 16.2. The van der Waals surface area contributed by atoms with Crippen LogP contribution >= 0.6 is 0 Å². The number of quaternary nitrogens is 1. The molecule has 0 saturated carbocycles. The van der Waals surface area contributed by atoms with Gasteiger partial charge in [0.2, 0.25) is 11.8 Å². The first kappa shape index (κ1) is 20.4. The van der Waals surface area contributed by atoms with E-state index in [1.807, 2.05) is 37.3 Å². The second kappa shape index (κ2) is 9.24. The van der Waals surface area contributed by atoms with E-state index in [0.29, 0.717) is 25.0 Å². The number of rotatable bonds is 6. The number of hydrazine groups is 1. The van der Waals surface area contributed by atoms with Crippen LogP contribution in [-0.4, -0.2) is 48.5 Å². The third kappa shape index (κ3) is 5.13. The summed E-state index contributed by atoms with van der Waals surface area (Å²) in [7, 11) is 0. The lowest BCUT2D eigenvalue weighted by molar-refractivity contribution is -0.950. The maximum absolute atomic E-state index is 12.4. The van der Waals surface area contributed by atoms with Gasteiger partial charge in [-0.1, -0.05) is 29.8 Å². The molecule has 28 heavy (non-hydrogen) atoms. The molecule has 0 spiro atoms. The van der Waals surface area contributed by atoms with E-state index in [1.54, 1.807) is 4.90 Å². The Morgan fingerprint density at radius 1 is 1.21 bits per heavy atom. The SMILES string of the molecule is Cc1ccc(C2=CCC(=O)N(CC(=O)NCC[NH+]3C(C)CCCC3C)N2)cc1. The summed E-state index contributed by atoms with van der Waals surface area (Å²) in [4.78, 5) is 26.2. The monoisotopic (exact) mass is 385 g/mol. The fourth-order valence-electron chi connectivity index (χ4n) is 4.22. The summed E-state index contributed by atoms with van der Waals surface area (Å²) in [5.41, 5.74) is 6.17. The van der Waals surface area contributed by atoms with Crippen LogP contribution in [0.2, 0.25) is 0 Å². The quantitative estimate of drug-likeness (QED) is 0.685. The third-order valence-corrected chi connectivity index (χ3v) is 5.98. The number of nitrogens with zero attached hydrogens (tertiary/aromatic N) is 1. The number of benzene rings is 1. The standard InChI is InChI=1S/C22H32N4O2/c1-16-7-9-19(10-8-16)20-11-12-22(28)26(24-20)15-21(27)23-13-14-25-17(2)5-4-6-18(25)3/h7-11,17-18,24H,4-6,12-15H2,1-3H3,(H,23,27)/p+1. The maximum atomic E-state index is 12.4. The van der Waals surface area contributed by atoms with Gasteiger partial charge in [-0.25, -0.2) is 5.01 Å². The molecule has 2 heterocycles. The van der Waals surface area contributed by atoms with Crippen molar-refractivity contribution in [3.63, 3.8) is 0 Å². The van der Waals surface area contributed by atoms with Gasteiger partial charge in [-0.05, 0) is 51.7 Å². The molecular formula is C22H33N4O2+. The minimum atomic E-state index is -0.122. The van der Waals surface area contributed by atoms with E-state index in [1.165, 1.54) is 29.8 Å². The van der Waals surface area contributed by atoms with Crippen molar-refractivity contribution >= 4 is 17.5 Å². The Hall–Kier alpha value is -2.34. The number of carbonyl (C=O) groups excluding carboxylic acids is 2. The first-order chi connectivity index (χ1) is 13.4. The van der Waals surface area contributed by atoms with Gasteiger partial charge in [0.05, 0.1) is 30.9 Å². The molecule has 0 aliphatic carbocycles. The molecule has 6 heteroatoms. The van der Waals surface area contributed by atoms with E-state index in [4.69, 9.17) is 0 Å². The molecular weight excluding hydrogens is 352 g/mol. The van der Waals surface area contributed by atoms with Crippen LogP contribution in [0.3, 0.4) is 0 Å². The molecule has 3 rings (SSSR count). The molecule has 2 atom stereocenters. The van der Waals surface area contributed by atoms with Gasteiger partial charge in [0, 0.05) is 6.42 Å². The number of likely N-dealkylation sites (tertiary alicyclic amines) is 1. The molecule has 2 amide bonds. The molecule has 1 saturated heterocycles. The van der Waals surface area contributed by atoms with Crippen molar-refractivity contribution in [2.45, 2.75) is 58.5 Å². The zero-order valence-corrected chi connectivity index (χ0v) is 17.3. The third-order valence-electron chi connectivity index (χ3n) is 5.98. The van der Waals surface area contributed by atoms with Crippen molar-refractivity contribution < 1.29 is 14.5 Å². The van der Waals surface area contributed by atoms with E-state index in [0.717, 1.165) is 17.8 Å². The predicted molar refractivity (Wildman–Crippen MR) is 110 cm³/mol. The second-order valence-corrected chi connectivity index (χ2v) is 8.19. The van der Waals surface area contributed by atoms with Gasteiger partial charge in [-0.2, -0.15) is 0 Å². The van der Waals surface area contributed by atoms with E-state index in [2.05, 4.69) is 24.6 Å². The normalized spacial score (nSPS) is 25.1. The van der Waals surface area contributed by atoms with Gasteiger partial charge in [0.15, 0.2) is 0 Å². The van der Waals surface area contributed by atoms with Crippen LogP contribution in [0, 0.1) is 6.92 Å². The van der Waals surface area contributed by atoms with Crippen molar-refractivity contribution in [1.29, 1.82) is 0 Å². The summed E-state index contributed by atoms with van der Waals surface area (Å²) in [5, 5.41) is 4.41. The lowest BCUT2D eigenvalue weighted by Gasteiger charge is -2.35. The molecule has 3 N–H and O–H groups in total. The molecule has 1 aromatic carbocycles. The predicted octanol–water partition coefficient (Wildman–Crippen LogP) is 1.03. The van der Waals surface area contributed by atoms with Gasteiger partial charge < -0.3 is 10.2 Å². The summed E-state index contributed by atoms with van der Waals surface area (Å²) in [6.45, 7) is 8.24. The second-order valence-electron chi connectivity index (χ2n) is 8.19. The van der Waals surface area contributed by atoms with Gasteiger partial charge in [-0.3, -0.25) is 15.0 Å². The van der Waals surface area contributed by atoms with Crippen LogP contribution < -0.4 is 15.6 Å². The van der Waals surface area contributed by atoms with E-state index in [-0.39, 0.29) is 18.4 Å². The average molecular weight is 386 g/mol. The largest absolute Gasteiger partial charge is 0.349 e. The van der Waals surface area contributed by atoms with Crippen molar-refractivity contribution in [2.75, 3.05) is 19.6 Å². The molecule has 2 aliphatic heterocycles. The van der Waals surface area contributed by atoms with Crippen molar-refractivity contribution in [1.82, 2.24) is 15.8 Å². The highest BCUT2D eigenvalue weighted by Gasteiger charge is 2.28. The molecule has 0 bridgehead atoms. The summed E-state index contributed by atoms with van der Waals surface area (Å²) in [6.07, 6.45) is 6.00. The minimum absolute atomic E-state index is 0.0302. The number of hydrogen-bond donors (Lipinski definition) is 3. The Labute approximate surface area is 167 Å². The van der Waals surface area contributed by atoms with Gasteiger partial charge in [0.25, 0.3) is 0 Å². The molecule has 1 aromatic rings. The van der Waals surface area contributed by atoms with Crippen LogP contribution in [0.25, 0.3) is 5.70 Å². The van der Waals surface area contributed by atoms with Crippen LogP contribution in [0.15, 0.2) is 30.3 Å². The number of hydrogen-bond acceptors (Lipinski definition) is 3. The van der Waals surface area contributed by atoms with Gasteiger partial charge in [0.1, 0.15) is 6.54 Å². The summed E-state index contributed by atoms with van der Waals surface area (Å²) in [5.74, 6) is -0.211. The van der Waals surface area contributed by atoms with Crippen molar-refractivity contribution in [2.24, 2.45) is 0 Å². The fourth-order valence-corrected chi connectivity index (χ4v) is 4.22. The minimum Gasteiger partial charge on any atom is -0.349 e. The molecule has 152 valence electrons. The molecule has 2 aliphatic rings. The first-order valence-corrected chi connectivity index (χ1v) is 10.4. The Kier molecular flexibility index (Phi) is 6.73. The molecule has 2 unspecified atom stereocenters. The number of nitrogens with one attached hydrogen (secondary N) is 3. The van der Waals surface area contributed by atoms with Gasteiger partial charge >= 0.3 is 0 Å². The number of amides is 2. The van der Waals surface area contributed by atoms with Gasteiger partial charge in [-0.15, -0.1) is 0 Å². The Balaban J connectivity index is 1.48. The first-order valence-electron chi connectivity index (χ1n) is 10.4. The lowest BCUT2D eigenvalue weighted by Crippen LogP contribution is -3.19. The number of piperidine rings is 1. The summed E-state index contributed by atoms with van der Waals surface area (Å²) < 4.78 is 0. The van der Waals surface area contributed by atoms with E-state index in [9.17, 15) is 9.59 Å². The Morgan fingerprint density at radius 2 is 1.89 bits per heavy atom. The molecule has 6 nitrogen and oxygen atoms in total. The average Bonchev–Trinajstić information content (AvgIpc) is 2.66. The zero-order valence-electron chi connectivity index (χ0n) is 17.3. The highest BCUT2D eigenvalue weighted by Crippen LogP contribution is 2.17. The van der Waals surface area contributed by atoms with E-state index >= 15 is 0 Å². The summed E-state index contributed by atoms with van der Waals surface area (Å²) >= 11 is 0. The smallest absolute Gasteiger partial charge is 0.245 e. The van der Waals surface area contributed by atoms with E-state index < -0.39 is 0 Å². The Morgan fingerprint density at radius 3 is 2.57 bits per heavy atom. The van der Waals surface area contributed by atoms with Crippen LogP contribution in [0.1, 0.15) is 50.7 Å². The maximum Gasteiger partial charge on any atom is 0.245 e. The van der Waals surface area contributed by atoms with Crippen molar-refractivity contribution in [3.05, 3.63) is 41.5 Å². The number of carbonyl (C=O) groups is 2. The summed E-state index contributed by atoms with van der Waals surface area (Å²) in [6, 6.07) is 9.41. The highest BCUT2D eigenvalue weighted by molar-refractivity contribution is 5.88. The molecule has 1 fully saturated rings. The molecule has 0 aromatic heterocycles. The van der Waals surface area contributed by atoms with Crippen LogP contribution in [0.4, 0.5) is 0 Å². The zero-order chi connectivity index (χ0) is 20.1.